The van der Waals surface area contributed by atoms with E-state index in [-0.39, 0.29) is 11.8 Å². The second-order valence-corrected chi connectivity index (χ2v) is 10.0. The monoisotopic (exact) mass is 489 g/mol. The topological polar surface area (TPSA) is 88.9 Å². The average molecular weight is 490 g/mol. The molecule has 2 N–H and O–H groups in total. The first-order valence-electron chi connectivity index (χ1n) is 11.3. The first-order valence-corrected chi connectivity index (χ1v) is 11.7. The van der Waals surface area contributed by atoms with Gasteiger partial charge in [-0.1, -0.05) is 44.5 Å². The Morgan fingerprint density at radius 1 is 1.03 bits per heavy atom. The molecule has 8 heteroatoms. The zero-order valence-electron chi connectivity index (χ0n) is 20.4. The molecular formula is C27H28ClN5O2. The summed E-state index contributed by atoms with van der Waals surface area (Å²) in [7, 11) is 0. The van der Waals surface area contributed by atoms with E-state index in [9.17, 15) is 9.59 Å². The Hall–Kier alpha value is -3.71. The standard InChI is InChI=1S/C27H28ClN5O2/c1-16-11-19(12-17(2)31-16)33-24-8-6-7-23(21(24)15-30-33)32-25(34)20-13-18(9-10-22(20)28)14-29-26(35)27(3,4)5/h6-13,15H,14H2,1-5H3,(H,29,35)(H,32,34). The quantitative estimate of drug-likeness (QED) is 0.381. The second kappa shape index (κ2) is 9.50. The van der Waals surface area contributed by atoms with Gasteiger partial charge in [0.1, 0.15) is 0 Å². The maximum absolute atomic E-state index is 13.2. The van der Waals surface area contributed by atoms with Crippen LogP contribution in [0.2, 0.25) is 5.02 Å². The van der Waals surface area contributed by atoms with Crippen LogP contribution in [0, 0.1) is 19.3 Å². The van der Waals surface area contributed by atoms with Crippen LogP contribution in [0.15, 0.2) is 54.7 Å². The fourth-order valence-electron chi connectivity index (χ4n) is 3.79. The van der Waals surface area contributed by atoms with Crippen molar-refractivity contribution in [3.63, 3.8) is 0 Å². The zero-order chi connectivity index (χ0) is 25.3. The van der Waals surface area contributed by atoms with Gasteiger partial charge in [0.15, 0.2) is 0 Å². The lowest BCUT2D eigenvalue weighted by Gasteiger charge is -2.18. The Kier molecular flexibility index (Phi) is 6.63. The summed E-state index contributed by atoms with van der Waals surface area (Å²) in [6, 6.07) is 14.8. The molecule has 4 aromatic rings. The molecule has 2 amide bonds. The number of hydrogen-bond donors (Lipinski definition) is 2. The Bertz CT molecular complexity index is 1420. The molecule has 0 radical (unpaired) electrons. The number of fused-ring (bicyclic) bond motifs is 1. The van der Waals surface area contributed by atoms with E-state index < -0.39 is 5.41 Å². The van der Waals surface area contributed by atoms with Gasteiger partial charge in [0, 0.05) is 28.7 Å². The molecule has 0 aliphatic rings. The van der Waals surface area contributed by atoms with Crippen LogP contribution in [-0.4, -0.2) is 26.6 Å². The minimum atomic E-state index is -0.497. The van der Waals surface area contributed by atoms with Crippen molar-refractivity contribution in [3.05, 3.63) is 82.3 Å². The van der Waals surface area contributed by atoms with E-state index in [0.717, 1.165) is 33.5 Å². The van der Waals surface area contributed by atoms with Crippen molar-refractivity contribution < 1.29 is 9.59 Å². The number of aryl methyl sites for hydroxylation is 2. The van der Waals surface area contributed by atoms with Gasteiger partial charge in [-0.2, -0.15) is 5.10 Å². The maximum atomic E-state index is 13.2. The van der Waals surface area contributed by atoms with Crippen LogP contribution in [0.1, 0.15) is 48.1 Å². The van der Waals surface area contributed by atoms with Crippen molar-refractivity contribution >= 4 is 40.0 Å². The van der Waals surface area contributed by atoms with Gasteiger partial charge in [0.05, 0.1) is 33.7 Å². The number of halogens is 1. The van der Waals surface area contributed by atoms with Crippen molar-refractivity contribution in [3.8, 4) is 5.69 Å². The third-order valence-electron chi connectivity index (χ3n) is 5.58. The molecule has 2 heterocycles. The van der Waals surface area contributed by atoms with Crippen LogP contribution in [0.4, 0.5) is 5.69 Å². The number of amides is 2. The van der Waals surface area contributed by atoms with Gasteiger partial charge in [-0.3, -0.25) is 14.6 Å². The van der Waals surface area contributed by atoms with E-state index in [0.29, 0.717) is 22.8 Å². The largest absolute Gasteiger partial charge is 0.352 e. The molecule has 2 aromatic heterocycles. The molecule has 0 aliphatic carbocycles. The summed E-state index contributed by atoms with van der Waals surface area (Å²) in [6.45, 7) is 9.75. The molecule has 4 rings (SSSR count). The van der Waals surface area contributed by atoms with Crippen LogP contribution in [0.5, 0.6) is 0 Å². The smallest absolute Gasteiger partial charge is 0.257 e. The lowest BCUT2D eigenvalue weighted by atomic mass is 9.95. The third kappa shape index (κ3) is 5.35. The zero-order valence-corrected chi connectivity index (χ0v) is 21.2. The lowest BCUT2D eigenvalue weighted by molar-refractivity contribution is -0.128. The predicted octanol–water partition coefficient (Wildman–Crippen LogP) is 5.61. The van der Waals surface area contributed by atoms with Gasteiger partial charge >= 0.3 is 0 Å². The molecule has 0 saturated carbocycles. The molecule has 0 fully saturated rings. The summed E-state index contributed by atoms with van der Waals surface area (Å²) >= 11 is 6.35. The van der Waals surface area contributed by atoms with E-state index in [1.165, 1.54) is 0 Å². The fourth-order valence-corrected chi connectivity index (χ4v) is 4.00. The molecule has 180 valence electrons. The van der Waals surface area contributed by atoms with E-state index >= 15 is 0 Å². The fraction of sp³-hybridized carbons (Fsp3) is 0.259. The normalized spacial score (nSPS) is 11.5. The highest BCUT2D eigenvalue weighted by atomic mass is 35.5. The molecule has 0 aliphatic heterocycles. The molecule has 0 unspecified atom stereocenters. The number of benzene rings is 2. The van der Waals surface area contributed by atoms with Crippen molar-refractivity contribution in [1.29, 1.82) is 0 Å². The summed E-state index contributed by atoms with van der Waals surface area (Å²) in [5, 5.41) is 11.6. The van der Waals surface area contributed by atoms with Crippen molar-refractivity contribution in [2.24, 2.45) is 5.41 Å². The minimum Gasteiger partial charge on any atom is -0.352 e. The molecule has 7 nitrogen and oxygen atoms in total. The number of hydrogen-bond acceptors (Lipinski definition) is 4. The maximum Gasteiger partial charge on any atom is 0.257 e. The first kappa shape index (κ1) is 24.4. The van der Waals surface area contributed by atoms with Crippen LogP contribution in [0.25, 0.3) is 16.6 Å². The number of nitrogens with zero attached hydrogens (tertiary/aromatic N) is 3. The molecule has 35 heavy (non-hydrogen) atoms. The Labute approximate surface area is 209 Å². The summed E-state index contributed by atoms with van der Waals surface area (Å²) < 4.78 is 1.83. The Morgan fingerprint density at radius 2 is 1.74 bits per heavy atom. The van der Waals surface area contributed by atoms with Crippen molar-refractivity contribution in [2.75, 3.05) is 5.32 Å². The summed E-state index contributed by atoms with van der Waals surface area (Å²) in [4.78, 5) is 29.8. The van der Waals surface area contributed by atoms with Crippen molar-refractivity contribution in [1.82, 2.24) is 20.1 Å². The second-order valence-electron chi connectivity index (χ2n) is 9.60. The van der Waals surface area contributed by atoms with Crippen LogP contribution >= 0.6 is 11.6 Å². The molecule has 0 spiro atoms. The van der Waals surface area contributed by atoms with E-state index in [2.05, 4.69) is 20.7 Å². The van der Waals surface area contributed by atoms with E-state index in [1.54, 1.807) is 24.4 Å². The lowest BCUT2D eigenvalue weighted by Crippen LogP contribution is -2.34. The Morgan fingerprint density at radius 3 is 2.43 bits per heavy atom. The van der Waals surface area contributed by atoms with Crippen LogP contribution < -0.4 is 10.6 Å². The van der Waals surface area contributed by atoms with Gasteiger partial charge in [0.2, 0.25) is 5.91 Å². The summed E-state index contributed by atoms with van der Waals surface area (Å²) in [5.74, 6) is -0.406. The highest BCUT2D eigenvalue weighted by molar-refractivity contribution is 6.34. The SMILES string of the molecule is Cc1cc(-n2ncc3c(NC(=O)c4cc(CNC(=O)C(C)(C)C)ccc4Cl)cccc32)cc(C)n1. The highest BCUT2D eigenvalue weighted by Crippen LogP contribution is 2.27. The number of pyridine rings is 1. The van der Waals surface area contributed by atoms with Crippen LogP contribution in [-0.2, 0) is 11.3 Å². The Balaban J connectivity index is 1.60. The minimum absolute atomic E-state index is 0.0678. The van der Waals surface area contributed by atoms with Gasteiger partial charge in [0.25, 0.3) is 5.91 Å². The molecular weight excluding hydrogens is 462 g/mol. The van der Waals surface area contributed by atoms with Crippen molar-refractivity contribution in [2.45, 2.75) is 41.2 Å². The number of carbonyl (C=O) groups is 2. The molecule has 2 aromatic carbocycles. The van der Waals surface area contributed by atoms with E-state index in [1.807, 2.05) is 69.6 Å². The van der Waals surface area contributed by atoms with Gasteiger partial charge < -0.3 is 10.6 Å². The summed E-state index contributed by atoms with van der Waals surface area (Å²) in [5.41, 5.74) is 4.82. The molecule has 0 atom stereocenters. The summed E-state index contributed by atoms with van der Waals surface area (Å²) in [6.07, 6.45) is 1.73. The number of nitrogens with one attached hydrogen (secondary N) is 2. The number of rotatable bonds is 5. The molecule has 0 bridgehead atoms. The van der Waals surface area contributed by atoms with E-state index in [4.69, 9.17) is 11.6 Å². The first-order chi connectivity index (χ1) is 16.5. The highest BCUT2D eigenvalue weighted by Gasteiger charge is 2.21. The number of anilines is 1. The average Bonchev–Trinajstić information content (AvgIpc) is 3.22. The number of aromatic nitrogens is 3. The number of carbonyl (C=O) groups excluding carboxylic acids is 2. The van der Waals surface area contributed by atoms with Gasteiger partial charge in [-0.25, -0.2) is 4.68 Å². The van der Waals surface area contributed by atoms with Crippen LogP contribution in [0.3, 0.4) is 0 Å². The molecule has 0 saturated heterocycles. The predicted molar refractivity (Wildman–Crippen MR) is 139 cm³/mol. The third-order valence-corrected chi connectivity index (χ3v) is 5.91. The van der Waals surface area contributed by atoms with Gasteiger partial charge in [-0.05, 0) is 55.8 Å². The van der Waals surface area contributed by atoms with Gasteiger partial charge in [-0.15, -0.1) is 0 Å².